The van der Waals surface area contributed by atoms with E-state index in [0.717, 1.165) is 36.7 Å². The van der Waals surface area contributed by atoms with Gasteiger partial charge in [0.2, 0.25) is 0 Å². The van der Waals surface area contributed by atoms with Crippen molar-refractivity contribution in [3.05, 3.63) is 0 Å². The molecular formula is C12H20O2S. The van der Waals surface area contributed by atoms with Crippen LogP contribution < -0.4 is 0 Å². The molecule has 86 valence electrons. The highest BCUT2D eigenvalue weighted by molar-refractivity contribution is 7.99. The van der Waals surface area contributed by atoms with Gasteiger partial charge in [-0.1, -0.05) is 13.3 Å². The van der Waals surface area contributed by atoms with Crippen LogP contribution >= 0.6 is 11.8 Å². The van der Waals surface area contributed by atoms with Crippen molar-refractivity contribution in [2.45, 2.75) is 39.0 Å². The van der Waals surface area contributed by atoms with Crippen molar-refractivity contribution in [2.75, 3.05) is 11.5 Å². The number of aliphatic carboxylic acids is 1. The molecule has 3 atom stereocenters. The van der Waals surface area contributed by atoms with Gasteiger partial charge in [-0.05, 0) is 49.0 Å². The fraction of sp³-hybridized carbons (Fsp3) is 0.917. The molecule has 2 aliphatic rings. The molecule has 2 bridgehead atoms. The first-order valence-corrected chi connectivity index (χ1v) is 7.15. The van der Waals surface area contributed by atoms with E-state index in [2.05, 4.69) is 6.92 Å². The summed E-state index contributed by atoms with van der Waals surface area (Å²) in [7, 11) is 0. The predicted octanol–water partition coefficient (Wildman–Crippen LogP) is 3.02. The summed E-state index contributed by atoms with van der Waals surface area (Å²) in [5.41, 5.74) is -0.342. The van der Waals surface area contributed by atoms with Crippen LogP contribution in [0.5, 0.6) is 0 Å². The summed E-state index contributed by atoms with van der Waals surface area (Å²) >= 11 is 1.87. The fourth-order valence-electron chi connectivity index (χ4n) is 3.52. The second-order valence-electron chi connectivity index (χ2n) is 4.99. The van der Waals surface area contributed by atoms with Crippen LogP contribution in [0.15, 0.2) is 0 Å². The molecule has 0 aromatic heterocycles. The average Bonchev–Trinajstić information content (AvgIpc) is 2.78. The summed E-state index contributed by atoms with van der Waals surface area (Å²) in [5.74, 6) is 2.80. The molecule has 1 N–H and O–H groups in total. The van der Waals surface area contributed by atoms with E-state index in [1.54, 1.807) is 0 Å². The molecule has 3 unspecified atom stereocenters. The second-order valence-corrected chi connectivity index (χ2v) is 6.38. The molecule has 0 spiro atoms. The lowest BCUT2D eigenvalue weighted by Gasteiger charge is -2.33. The van der Waals surface area contributed by atoms with Gasteiger partial charge in [0.15, 0.2) is 0 Å². The number of hydrogen-bond donors (Lipinski definition) is 1. The third-order valence-electron chi connectivity index (χ3n) is 4.30. The molecule has 0 radical (unpaired) electrons. The summed E-state index contributed by atoms with van der Waals surface area (Å²) in [6, 6.07) is 0. The Kier molecular flexibility index (Phi) is 3.29. The molecule has 2 aliphatic carbocycles. The molecule has 2 nitrogen and oxygen atoms in total. The topological polar surface area (TPSA) is 37.3 Å². The van der Waals surface area contributed by atoms with Crippen molar-refractivity contribution in [1.82, 2.24) is 0 Å². The van der Waals surface area contributed by atoms with Gasteiger partial charge in [0.05, 0.1) is 5.41 Å². The average molecular weight is 228 g/mol. The molecule has 0 aromatic rings. The first-order valence-electron chi connectivity index (χ1n) is 6.00. The van der Waals surface area contributed by atoms with Crippen LogP contribution in [0.3, 0.4) is 0 Å². The summed E-state index contributed by atoms with van der Waals surface area (Å²) in [4.78, 5) is 11.5. The number of carboxylic acid groups (broad SMARTS) is 1. The Bertz CT molecular complexity index is 254. The van der Waals surface area contributed by atoms with Crippen LogP contribution in [0.1, 0.15) is 39.0 Å². The summed E-state index contributed by atoms with van der Waals surface area (Å²) < 4.78 is 0. The van der Waals surface area contributed by atoms with Crippen LogP contribution in [0.4, 0.5) is 0 Å². The van der Waals surface area contributed by atoms with Gasteiger partial charge in [0, 0.05) is 0 Å². The van der Waals surface area contributed by atoms with Gasteiger partial charge in [-0.2, -0.15) is 11.8 Å². The first kappa shape index (κ1) is 11.3. The van der Waals surface area contributed by atoms with Gasteiger partial charge in [0.1, 0.15) is 0 Å². The van der Waals surface area contributed by atoms with Crippen molar-refractivity contribution >= 4 is 17.7 Å². The number of hydrogen-bond acceptors (Lipinski definition) is 2. The Labute approximate surface area is 95.8 Å². The second kappa shape index (κ2) is 4.36. The smallest absolute Gasteiger partial charge is 0.309 e. The first-order chi connectivity index (χ1) is 7.19. The number of fused-ring (bicyclic) bond motifs is 2. The van der Waals surface area contributed by atoms with Crippen molar-refractivity contribution in [2.24, 2.45) is 17.3 Å². The van der Waals surface area contributed by atoms with E-state index in [1.165, 1.54) is 12.8 Å². The molecule has 0 amide bonds. The summed E-state index contributed by atoms with van der Waals surface area (Å²) in [6.45, 7) is 2.14. The molecule has 0 aromatic carbocycles. The zero-order valence-corrected chi connectivity index (χ0v) is 10.2. The van der Waals surface area contributed by atoms with Crippen molar-refractivity contribution < 1.29 is 9.90 Å². The minimum Gasteiger partial charge on any atom is -0.481 e. The van der Waals surface area contributed by atoms with Crippen LogP contribution in [0, 0.1) is 17.3 Å². The van der Waals surface area contributed by atoms with E-state index in [1.807, 2.05) is 11.8 Å². The monoisotopic (exact) mass is 228 g/mol. The number of rotatable bonds is 5. The number of thioether (sulfide) groups is 1. The molecule has 15 heavy (non-hydrogen) atoms. The maximum absolute atomic E-state index is 11.5. The normalized spacial score (nSPS) is 38.5. The van der Waals surface area contributed by atoms with Gasteiger partial charge >= 0.3 is 5.97 Å². The van der Waals surface area contributed by atoms with Crippen molar-refractivity contribution in [3.8, 4) is 0 Å². The number of carbonyl (C=O) groups is 1. The fourth-order valence-corrected chi connectivity index (χ4v) is 4.31. The number of carboxylic acids is 1. The van der Waals surface area contributed by atoms with E-state index >= 15 is 0 Å². The van der Waals surface area contributed by atoms with E-state index in [9.17, 15) is 9.90 Å². The highest BCUT2D eigenvalue weighted by Crippen LogP contribution is 2.57. The van der Waals surface area contributed by atoms with Gasteiger partial charge < -0.3 is 5.11 Å². The van der Waals surface area contributed by atoms with Crippen LogP contribution in [-0.2, 0) is 4.79 Å². The van der Waals surface area contributed by atoms with Gasteiger partial charge in [-0.3, -0.25) is 4.79 Å². The summed E-state index contributed by atoms with van der Waals surface area (Å²) in [6.07, 6.45) is 5.47. The Morgan fingerprint density at radius 3 is 2.80 bits per heavy atom. The van der Waals surface area contributed by atoms with E-state index in [-0.39, 0.29) is 5.41 Å². The Morgan fingerprint density at radius 2 is 2.33 bits per heavy atom. The van der Waals surface area contributed by atoms with Crippen LogP contribution in [0.25, 0.3) is 0 Å². The van der Waals surface area contributed by atoms with Crippen molar-refractivity contribution in [1.29, 1.82) is 0 Å². The third kappa shape index (κ3) is 1.91. The van der Waals surface area contributed by atoms with Gasteiger partial charge in [-0.25, -0.2) is 0 Å². The maximum Gasteiger partial charge on any atom is 0.309 e. The quantitative estimate of drug-likeness (QED) is 0.735. The molecule has 0 heterocycles. The zero-order valence-electron chi connectivity index (χ0n) is 9.37. The lowest BCUT2D eigenvalue weighted by Crippen LogP contribution is -2.37. The molecule has 0 saturated heterocycles. The molecule has 3 heteroatoms. The SMILES string of the molecule is CCSCCC1(C(=O)O)CC2CCC1C2. The molecule has 0 aliphatic heterocycles. The Hall–Kier alpha value is -0.180. The molecule has 2 saturated carbocycles. The van der Waals surface area contributed by atoms with E-state index < -0.39 is 5.97 Å². The van der Waals surface area contributed by atoms with Crippen molar-refractivity contribution in [3.63, 3.8) is 0 Å². The molecule has 2 fully saturated rings. The highest BCUT2D eigenvalue weighted by atomic mass is 32.2. The molecule has 2 rings (SSSR count). The van der Waals surface area contributed by atoms with E-state index in [0.29, 0.717) is 5.92 Å². The molecular weight excluding hydrogens is 208 g/mol. The lowest BCUT2D eigenvalue weighted by atomic mass is 9.71. The maximum atomic E-state index is 11.5. The standard InChI is InChI=1S/C12H20O2S/c1-2-15-6-5-12(11(13)14)8-9-3-4-10(12)7-9/h9-10H,2-8H2,1H3,(H,13,14). The van der Waals surface area contributed by atoms with Gasteiger partial charge in [-0.15, -0.1) is 0 Å². The minimum absolute atomic E-state index is 0.342. The van der Waals surface area contributed by atoms with Crippen LogP contribution in [0.2, 0.25) is 0 Å². The summed E-state index contributed by atoms with van der Waals surface area (Å²) in [5, 5.41) is 9.48. The van der Waals surface area contributed by atoms with Crippen LogP contribution in [-0.4, -0.2) is 22.6 Å². The third-order valence-corrected chi connectivity index (χ3v) is 5.20. The zero-order chi connectivity index (χ0) is 10.9. The van der Waals surface area contributed by atoms with E-state index in [4.69, 9.17) is 0 Å². The minimum atomic E-state index is -0.522. The Morgan fingerprint density at radius 1 is 1.53 bits per heavy atom. The van der Waals surface area contributed by atoms with Gasteiger partial charge in [0.25, 0.3) is 0 Å². The Balaban J connectivity index is 2.02. The highest BCUT2D eigenvalue weighted by Gasteiger charge is 2.55. The largest absolute Gasteiger partial charge is 0.481 e. The lowest BCUT2D eigenvalue weighted by molar-refractivity contribution is -0.152. The predicted molar refractivity (Wildman–Crippen MR) is 63.1 cm³/mol.